The van der Waals surface area contributed by atoms with E-state index in [1.807, 2.05) is 36.4 Å². The standard InChI is InChI=1S/C19H24O5.C10H16O3.C9H9IO2/c1-2-22-17(20)16-5-3-4-15(14-16)6-7-18(21)8-10-19(11-9-18)23-12-13-24-19;1-2-9(11)3-5-10(6-4-9)12-7-8-13-10;1-2-12-9(11)7-4-3-5-8(10)6-7/h3-7,14,21H,2,8-13H2,1H3;2,11H,1,3-8H2;3-6H,2H2,1H3/b7-6+;;. The Balaban J connectivity index is 0.000000182. The lowest BCUT2D eigenvalue weighted by molar-refractivity contribution is -0.196. The van der Waals surface area contributed by atoms with Gasteiger partial charge in [-0.25, -0.2) is 9.59 Å². The highest BCUT2D eigenvalue weighted by Crippen LogP contribution is 2.42. The molecule has 2 N–H and O–H groups in total. The van der Waals surface area contributed by atoms with Crippen LogP contribution in [0.1, 0.15) is 91.5 Å². The fourth-order valence-corrected chi connectivity index (χ4v) is 6.68. The van der Waals surface area contributed by atoms with E-state index in [1.54, 1.807) is 44.2 Å². The summed E-state index contributed by atoms with van der Waals surface area (Å²) in [4.78, 5) is 23.0. The van der Waals surface area contributed by atoms with Crippen LogP contribution in [0.3, 0.4) is 0 Å². The molecule has 10 nitrogen and oxygen atoms in total. The summed E-state index contributed by atoms with van der Waals surface area (Å²) in [5, 5.41) is 20.6. The lowest BCUT2D eigenvalue weighted by atomic mass is 9.81. The molecule has 0 amide bonds. The molecule has 2 heterocycles. The molecule has 0 aromatic heterocycles. The fraction of sp³-hybridized carbons (Fsp3) is 0.526. The van der Waals surface area contributed by atoms with Gasteiger partial charge in [-0.2, -0.15) is 0 Å². The van der Waals surface area contributed by atoms with Gasteiger partial charge >= 0.3 is 11.9 Å². The van der Waals surface area contributed by atoms with Crippen molar-refractivity contribution in [2.75, 3.05) is 39.6 Å². The molecule has 49 heavy (non-hydrogen) atoms. The van der Waals surface area contributed by atoms with Crippen molar-refractivity contribution in [2.45, 2.75) is 88.0 Å². The second kappa shape index (κ2) is 18.0. The van der Waals surface area contributed by atoms with Crippen molar-refractivity contribution in [1.29, 1.82) is 0 Å². The number of hydrogen-bond donors (Lipinski definition) is 2. The molecule has 2 aromatic carbocycles. The number of esters is 2. The van der Waals surface area contributed by atoms with E-state index in [-0.39, 0.29) is 17.7 Å². The molecule has 2 saturated carbocycles. The van der Waals surface area contributed by atoms with Crippen LogP contribution in [0.2, 0.25) is 0 Å². The van der Waals surface area contributed by atoms with Crippen LogP contribution in [-0.4, -0.2) is 84.6 Å². The first kappa shape index (κ1) is 39.1. The van der Waals surface area contributed by atoms with Crippen molar-refractivity contribution in [3.63, 3.8) is 0 Å². The largest absolute Gasteiger partial charge is 0.462 e. The van der Waals surface area contributed by atoms with Crippen molar-refractivity contribution in [1.82, 2.24) is 0 Å². The molecular formula is C38H49IO10. The number of halogens is 1. The first-order chi connectivity index (χ1) is 23.5. The zero-order valence-electron chi connectivity index (χ0n) is 28.5. The molecule has 2 spiro atoms. The zero-order chi connectivity index (χ0) is 35.4. The minimum absolute atomic E-state index is 0.254. The molecule has 0 atom stereocenters. The Hall–Kier alpha value is -2.65. The minimum Gasteiger partial charge on any atom is -0.462 e. The summed E-state index contributed by atoms with van der Waals surface area (Å²) >= 11 is 2.16. The summed E-state index contributed by atoms with van der Waals surface area (Å²) in [5.74, 6) is -1.45. The number of rotatable bonds is 7. The summed E-state index contributed by atoms with van der Waals surface area (Å²) in [7, 11) is 0. The SMILES string of the molecule is C=CC1(O)CCC2(CC1)OCCO2.CCOC(=O)c1cccc(/C=C/C2(O)CCC3(CC2)OCCO3)c1.CCOC(=O)c1cccc(I)c1. The summed E-state index contributed by atoms with van der Waals surface area (Å²) in [6, 6.07) is 14.5. The lowest BCUT2D eigenvalue weighted by Gasteiger charge is -2.39. The molecule has 0 radical (unpaired) electrons. The summed E-state index contributed by atoms with van der Waals surface area (Å²) in [6.45, 7) is 10.6. The molecule has 4 fully saturated rings. The van der Waals surface area contributed by atoms with Crippen molar-refractivity contribution in [3.8, 4) is 0 Å². The van der Waals surface area contributed by atoms with Crippen molar-refractivity contribution in [2.24, 2.45) is 0 Å². The Morgan fingerprint density at radius 1 is 0.735 bits per heavy atom. The third kappa shape index (κ3) is 11.4. The number of ether oxygens (including phenoxy) is 6. The van der Waals surface area contributed by atoms with Crippen LogP contribution in [0.4, 0.5) is 0 Å². The van der Waals surface area contributed by atoms with Crippen molar-refractivity contribution >= 4 is 40.6 Å². The van der Waals surface area contributed by atoms with Gasteiger partial charge in [0, 0.05) is 29.3 Å². The van der Waals surface area contributed by atoms with Crippen LogP contribution < -0.4 is 0 Å². The molecular weight excluding hydrogens is 743 g/mol. The van der Waals surface area contributed by atoms with Gasteiger partial charge in [-0.1, -0.05) is 36.4 Å². The summed E-state index contributed by atoms with van der Waals surface area (Å²) in [5.41, 5.74) is 0.439. The van der Waals surface area contributed by atoms with Gasteiger partial charge in [0.2, 0.25) is 0 Å². The van der Waals surface area contributed by atoms with Crippen LogP contribution in [0, 0.1) is 3.57 Å². The Labute approximate surface area is 302 Å². The van der Waals surface area contributed by atoms with Gasteiger partial charge in [0.25, 0.3) is 0 Å². The minimum atomic E-state index is -0.861. The van der Waals surface area contributed by atoms with E-state index in [1.165, 1.54) is 0 Å². The molecule has 2 aliphatic heterocycles. The van der Waals surface area contributed by atoms with Gasteiger partial charge in [-0.15, -0.1) is 6.58 Å². The maximum Gasteiger partial charge on any atom is 0.338 e. The Morgan fingerprint density at radius 2 is 1.18 bits per heavy atom. The van der Waals surface area contributed by atoms with E-state index in [2.05, 4.69) is 29.2 Å². The number of aliphatic hydroxyl groups is 2. The Morgan fingerprint density at radius 3 is 1.63 bits per heavy atom. The summed E-state index contributed by atoms with van der Waals surface area (Å²) < 4.78 is 33.4. The highest BCUT2D eigenvalue weighted by Gasteiger charge is 2.45. The first-order valence-electron chi connectivity index (χ1n) is 17.0. The second-order valence-corrected chi connectivity index (χ2v) is 13.8. The smallest absolute Gasteiger partial charge is 0.338 e. The molecule has 2 aliphatic carbocycles. The van der Waals surface area contributed by atoms with E-state index >= 15 is 0 Å². The van der Waals surface area contributed by atoms with Gasteiger partial charge in [0.05, 0.1) is 62.0 Å². The van der Waals surface area contributed by atoms with E-state index in [9.17, 15) is 19.8 Å². The van der Waals surface area contributed by atoms with Crippen molar-refractivity contribution in [3.05, 3.63) is 87.5 Å². The molecule has 11 heteroatoms. The van der Waals surface area contributed by atoms with Crippen LogP contribution in [0.5, 0.6) is 0 Å². The fourth-order valence-electron chi connectivity index (χ4n) is 6.13. The van der Waals surface area contributed by atoms with Gasteiger partial charge in [-0.3, -0.25) is 0 Å². The normalized spacial score (nSPS) is 23.2. The predicted molar refractivity (Wildman–Crippen MR) is 193 cm³/mol. The number of hydrogen-bond acceptors (Lipinski definition) is 10. The third-order valence-corrected chi connectivity index (χ3v) is 9.75. The monoisotopic (exact) mass is 792 g/mol. The topological polar surface area (TPSA) is 130 Å². The second-order valence-electron chi connectivity index (χ2n) is 12.5. The lowest BCUT2D eigenvalue weighted by Crippen LogP contribution is -2.42. The average molecular weight is 793 g/mol. The molecule has 268 valence electrons. The van der Waals surface area contributed by atoms with Crippen LogP contribution in [-0.2, 0) is 28.4 Å². The Kier molecular flexibility index (Phi) is 14.4. The molecule has 2 saturated heterocycles. The van der Waals surface area contributed by atoms with Crippen molar-refractivity contribution < 1.29 is 48.2 Å². The maximum absolute atomic E-state index is 11.8. The molecule has 0 unspecified atom stereocenters. The maximum atomic E-state index is 11.8. The van der Waals surface area contributed by atoms with E-state index in [0.29, 0.717) is 89.3 Å². The first-order valence-corrected chi connectivity index (χ1v) is 18.1. The molecule has 0 bridgehead atoms. The van der Waals surface area contributed by atoms with E-state index < -0.39 is 17.0 Å². The molecule has 6 rings (SSSR count). The number of benzene rings is 2. The highest BCUT2D eigenvalue weighted by molar-refractivity contribution is 14.1. The highest BCUT2D eigenvalue weighted by atomic mass is 127. The number of carbonyl (C=O) groups is 2. The van der Waals surface area contributed by atoms with Crippen LogP contribution in [0.25, 0.3) is 6.08 Å². The Bertz CT molecular complexity index is 1410. The van der Waals surface area contributed by atoms with Gasteiger partial charge < -0.3 is 38.6 Å². The third-order valence-electron chi connectivity index (χ3n) is 9.08. The number of carbonyl (C=O) groups excluding carboxylic acids is 2. The molecule has 2 aromatic rings. The van der Waals surface area contributed by atoms with Crippen LogP contribution in [0.15, 0.2) is 67.3 Å². The summed E-state index contributed by atoms with van der Waals surface area (Å²) in [6.07, 6.45) is 10.8. The van der Waals surface area contributed by atoms with E-state index in [0.717, 1.165) is 22.0 Å². The predicted octanol–water partition coefficient (Wildman–Crippen LogP) is 6.61. The van der Waals surface area contributed by atoms with Gasteiger partial charge in [0.15, 0.2) is 11.6 Å². The van der Waals surface area contributed by atoms with Gasteiger partial charge in [-0.05, 0) is 98.0 Å². The van der Waals surface area contributed by atoms with E-state index in [4.69, 9.17) is 28.4 Å². The molecule has 4 aliphatic rings. The average Bonchev–Trinajstić information content (AvgIpc) is 3.78. The van der Waals surface area contributed by atoms with Gasteiger partial charge in [0.1, 0.15) is 0 Å². The van der Waals surface area contributed by atoms with Crippen LogP contribution >= 0.6 is 22.6 Å². The quantitative estimate of drug-likeness (QED) is 0.180. The zero-order valence-corrected chi connectivity index (χ0v) is 30.7.